The van der Waals surface area contributed by atoms with Gasteiger partial charge in [-0.2, -0.15) is 0 Å². The highest BCUT2D eigenvalue weighted by atomic mass is 35.5. The third-order valence-electron chi connectivity index (χ3n) is 6.15. The van der Waals surface area contributed by atoms with E-state index in [0.717, 1.165) is 44.3 Å². The molecule has 1 aliphatic rings. The summed E-state index contributed by atoms with van der Waals surface area (Å²) in [6.45, 7) is 8.43. The first kappa shape index (κ1) is 25.7. The minimum absolute atomic E-state index is 0.193. The molecular weight excluding hydrogens is 492 g/mol. The van der Waals surface area contributed by atoms with Crippen LogP contribution in [0.3, 0.4) is 0 Å². The first-order valence-electron chi connectivity index (χ1n) is 11.7. The van der Waals surface area contributed by atoms with E-state index in [1.54, 1.807) is 13.2 Å². The fourth-order valence-electron chi connectivity index (χ4n) is 4.14. The second-order valence-corrected chi connectivity index (χ2v) is 9.86. The molecule has 3 aromatic rings. The monoisotopic (exact) mass is 520 g/mol. The Balaban J connectivity index is 1.61. The van der Waals surface area contributed by atoms with E-state index in [4.69, 9.17) is 33.3 Å². The van der Waals surface area contributed by atoms with Crippen LogP contribution < -0.4 is 19.7 Å². The molecular formula is C29H29ClN2O3S. The Morgan fingerprint density at radius 3 is 2.50 bits per heavy atom. The number of ether oxygens (including phenoxy) is 2. The van der Waals surface area contributed by atoms with Gasteiger partial charge in [0, 0.05) is 10.6 Å². The molecule has 0 aliphatic carbocycles. The third-order valence-corrected chi connectivity index (χ3v) is 6.84. The number of nitrogens with one attached hydrogen (secondary N) is 1. The highest BCUT2D eigenvalue weighted by Crippen LogP contribution is 2.33. The molecule has 1 amide bonds. The van der Waals surface area contributed by atoms with Crippen LogP contribution in [0, 0.1) is 13.8 Å². The standard InChI is InChI=1S/C29H29ClN2O3S/c1-17(2)22-15-23(30)19(4)12-27(22)35-16-21-13-20(10-11-26(21)34-5)14-24-28(33)32(29(36)31-24)25-9-7-6-8-18(25)3/h6-15,17H,16H2,1-5H3,(H,31,36)/b24-14+. The minimum atomic E-state index is -0.193. The molecule has 1 saturated heterocycles. The van der Waals surface area contributed by atoms with E-state index in [1.165, 1.54) is 4.90 Å². The van der Waals surface area contributed by atoms with Gasteiger partial charge < -0.3 is 14.8 Å². The number of carbonyl (C=O) groups is 1. The largest absolute Gasteiger partial charge is 0.496 e. The number of para-hydroxylation sites is 1. The maximum atomic E-state index is 13.2. The van der Waals surface area contributed by atoms with Gasteiger partial charge in [-0.3, -0.25) is 9.69 Å². The number of halogens is 1. The molecule has 1 heterocycles. The van der Waals surface area contributed by atoms with Crippen LogP contribution in [0.2, 0.25) is 5.02 Å². The van der Waals surface area contributed by atoms with Crippen molar-refractivity contribution in [1.29, 1.82) is 0 Å². The molecule has 0 radical (unpaired) electrons. The lowest BCUT2D eigenvalue weighted by molar-refractivity contribution is -0.113. The van der Waals surface area contributed by atoms with Gasteiger partial charge in [-0.05, 0) is 90.6 Å². The summed E-state index contributed by atoms with van der Waals surface area (Å²) in [5, 5.41) is 4.14. The van der Waals surface area contributed by atoms with Crippen molar-refractivity contribution >= 4 is 46.6 Å². The summed E-state index contributed by atoms with van der Waals surface area (Å²) >= 11 is 11.8. The van der Waals surface area contributed by atoms with Crippen molar-refractivity contribution in [2.75, 3.05) is 12.0 Å². The molecule has 0 saturated carbocycles. The molecule has 4 rings (SSSR count). The second-order valence-electron chi connectivity index (χ2n) is 9.07. The molecule has 36 heavy (non-hydrogen) atoms. The molecule has 0 atom stereocenters. The topological polar surface area (TPSA) is 50.8 Å². The summed E-state index contributed by atoms with van der Waals surface area (Å²) < 4.78 is 11.8. The number of aryl methyl sites for hydroxylation is 2. The van der Waals surface area contributed by atoms with Gasteiger partial charge in [0.05, 0.1) is 12.8 Å². The molecule has 1 fully saturated rings. The lowest BCUT2D eigenvalue weighted by atomic mass is 10.0. The Hall–Kier alpha value is -3.35. The predicted molar refractivity (Wildman–Crippen MR) is 150 cm³/mol. The minimum Gasteiger partial charge on any atom is -0.496 e. The number of hydrogen-bond donors (Lipinski definition) is 1. The Morgan fingerprint density at radius 1 is 1.06 bits per heavy atom. The quantitative estimate of drug-likeness (QED) is 0.270. The summed E-state index contributed by atoms with van der Waals surface area (Å²) in [4.78, 5) is 14.7. The fourth-order valence-corrected chi connectivity index (χ4v) is 4.60. The Morgan fingerprint density at radius 2 is 1.81 bits per heavy atom. The molecule has 3 aromatic carbocycles. The normalized spacial score (nSPS) is 14.5. The van der Waals surface area contributed by atoms with Crippen LogP contribution in [-0.2, 0) is 11.4 Å². The van der Waals surface area contributed by atoms with Gasteiger partial charge in [0.25, 0.3) is 5.91 Å². The average Bonchev–Trinajstić information content (AvgIpc) is 3.12. The maximum absolute atomic E-state index is 13.2. The van der Waals surface area contributed by atoms with Crippen molar-refractivity contribution < 1.29 is 14.3 Å². The van der Waals surface area contributed by atoms with Crippen molar-refractivity contribution in [3.05, 3.63) is 93.1 Å². The van der Waals surface area contributed by atoms with Gasteiger partial charge in [-0.25, -0.2) is 0 Å². The number of methoxy groups -OCH3 is 1. The van der Waals surface area contributed by atoms with E-state index >= 15 is 0 Å². The van der Waals surface area contributed by atoms with E-state index < -0.39 is 0 Å². The van der Waals surface area contributed by atoms with Crippen molar-refractivity contribution in [2.24, 2.45) is 0 Å². The highest BCUT2D eigenvalue weighted by molar-refractivity contribution is 7.80. The molecule has 0 spiro atoms. The summed E-state index contributed by atoms with van der Waals surface area (Å²) in [5.74, 6) is 1.57. The Labute approximate surface area is 222 Å². The molecule has 7 heteroatoms. The number of amides is 1. The van der Waals surface area contributed by atoms with Crippen LogP contribution in [0.4, 0.5) is 5.69 Å². The van der Waals surface area contributed by atoms with Gasteiger partial charge in [-0.1, -0.05) is 49.7 Å². The van der Waals surface area contributed by atoms with Crippen molar-refractivity contribution in [1.82, 2.24) is 5.32 Å². The molecule has 5 nitrogen and oxygen atoms in total. The number of benzene rings is 3. The smallest absolute Gasteiger partial charge is 0.281 e. The number of hydrogen-bond acceptors (Lipinski definition) is 4. The van der Waals surface area contributed by atoms with Gasteiger partial charge in [0.1, 0.15) is 23.8 Å². The molecule has 0 aromatic heterocycles. The van der Waals surface area contributed by atoms with Gasteiger partial charge >= 0.3 is 0 Å². The number of carbonyl (C=O) groups excluding carboxylic acids is 1. The van der Waals surface area contributed by atoms with Gasteiger partial charge in [0.2, 0.25) is 0 Å². The van der Waals surface area contributed by atoms with Gasteiger partial charge in [-0.15, -0.1) is 0 Å². The van der Waals surface area contributed by atoms with E-state index in [-0.39, 0.29) is 11.8 Å². The lowest BCUT2D eigenvalue weighted by Gasteiger charge is -2.17. The zero-order valence-electron chi connectivity index (χ0n) is 21.0. The summed E-state index contributed by atoms with van der Waals surface area (Å²) in [6, 6.07) is 17.3. The first-order valence-corrected chi connectivity index (χ1v) is 12.5. The number of nitrogens with zero attached hydrogens (tertiary/aromatic N) is 1. The van der Waals surface area contributed by atoms with Gasteiger partial charge in [0.15, 0.2) is 5.11 Å². The number of rotatable bonds is 7. The molecule has 1 aliphatic heterocycles. The maximum Gasteiger partial charge on any atom is 0.281 e. The molecule has 0 bridgehead atoms. The third kappa shape index (κ3) is 5.25. The lowest BCUT2D eigenvalue weighted by Crippen LogP contribution is -2.30. The summed E-state index contributed by atoms with van der Waals surface area (Å²) in [6.07, 6.45) is 1.79. The fraction of sp³-hybridized carbons (Fsp3) is 0.241. The number of thiocarbonyl (C=S) groups is 1. The van der Waals surface area contributed by atoms with Crippen LogP contribution in [0.15, 0.2) is 60.3 Å². The second kappa shape index (κ2) is 10.7. The SMILES string of the molecule is COc1ccc(/C=C2/NC(=S)N(c3ccccc3C)C2=O)cc1COc1cc(C)c(Cl)cc1C(C)C. The van der Waals surface area contributed by atoms with E-state index in [9.17, 15) is 4.79 Å². The van der Waals surface area contributed by atoms with Crippen molar-refractivity contribution in [3.8, 4) is 11.5 Å². The van der Waals surface area contributed by atoms with Crippen LogP contribution in [0.5, 0.6) is 11.5 Å². The Kier molecular flexibility index (Phi) is 7.67. The van der Waals surface area contributed by atoms with Crippen LogP contribution in [0.25, 0.3) is 6.08 Å². The number of anilines is 1. The van der Waals surface area contributed by atoms with Crippen LogP contribution >= 0.6 is 23.8 Å². The molecule has 1 N–H and O–H groups in total. The summed E-state index contributed by atoms with van der Waals surface area (Å²) in [5.41, 5.74) is 5.85. The highest BCUT2D eigenvalue weighted by Gasteiger charge is 2.32. The zero-order chi connectivity index (χ0) is 26.0. The predicted octanol–water partition coefficient (Wildman–Crippen LogP) is 6.93. The van der Waals surface area contributed by atoms with E-state index in [2.05, 4.69) is 19.2 Å². The Bertz CT molecular complexity index is 1370. The molecule has 186 valence electrons. The van der Waals surface area contributed by atoms with Crippen LogP contribution in [0.1, 0.15) is 47.6 Å². The van der Waals surface area contributed by atoms with Crippen molar-refractivity contribution in [3.63, 3.8) is 0 Å². The average molecular weight is 521 g/mol. The van der Waals surface area contributed by atoms with E-state index in [1.807, 2.05) is 68.4 Å². The van der Waals surface area contributed by atoms with Crippen LogP contribution in [-0.4, -0.2) is 18.1 Å². The summed E-state index contributed by atoms with van der Waals surface area (Å²) in [7, 11) is 1.63. The zero-order valence-corrected chi connectivity index (χ0v) is 22.6. The van der Waals surface area contributed by atoms with Crippen molar-refractivity contribution in [2.45, 2.75) is 40.2 Å². The first-order chi connectivity index (χ1) is 17.2. The van der Waals surface area contributed by atoms with E-state index in [0.29, 0.717) is 23.2 Å². The molecule has 0 unspecified atom stereocenters.